The van der Waals surface area contributed by atoms with Gasteiger partial charge in [0.2, 0.25) is 0 Å². The van der Waals surface area contributed by atoms with Gasteiger partial charge in [-0.15, -0.1) is 0 Å². The molecule has 1 aliphatic rings. The molecule has 94 valence electrons. The van der Waals surface area contributed by atoms with Gasteiger partial charge in [0.15, 0.2) is 0 Å². The molecule has 0 bridgehead atoms. The molecular formula is C13H19NO3. The first-order chi connectivity index (χ1) is 8.20. The fourth-order valence-electron chi connectivity index (χ4n) is 1.86. The minimum absolute atomic E-state index is 0.375. The van der Waals surface area contributed by atoms with Crippen LogP contribution in [0.15, 0.2) is 18.2 Å². The zero-order valence-corrected chi connectivity index (χ0v) is 10.3. The summed E-state index contributed by atoms with van der Waals surface area (Å²) in [5, 5.41) is 13.4. The van der Waals surface area contributed by atoms with E-state index in [2.05, 4.69) is 5.32 Å². The second-order valence-electron chi connectivity index (χ2n) is 4.40. The summed E-state index contributed by atoms with van der Waals surface area (Å²) in [6, 6.07) is 6.20. The fourth-order valence-corrected chi connectivity index (χ4v) is 1.86. The van der Waals surface area contributed by atoms with Gasteiger partial charge in [-0.25, -0.2) is 0 Å². The van der Waals surface area contributed by atoms with Crippen LogP contribution < -0.4 is 10.1 Å². The van der Waals surface area contributed by atoms with E-state index in [9.17, 15) is 5.11 Å². The Kier molecular flexibility index (Phi) is 3.99. The van der Waals surface area contributed by atoms with Crippen molar-refractivity contribution in [3.05, 3.63) is 29.3 Å². The first-order valence-electron chi connectivity index (χ1n) is 5.84. The SMILES string of the molecule is COc1ccc(C)cc1C(O)CNC1COC1. The molecule has 2 rings (SSSR count). The predicted molar refractivity (Wildman–Crippen MR) is 65.3 cm³/mol. The lowest BCUT2D eigenvalue weighted by Crippen LogP contribution is -2.47. The molecule has 0 radical (unpaired) electrons. The van der Waals surface area contributed by atoms with E-state index in [4.69, 9.17) is 9.47 Å². The third-order valence-electron chi connectivity index (χ3n) is 2.98. The number of hydrogen-bond acceptors (Lipinski definition) is 4. The van der Waals surface area contributed by atoms with E-state index in [0.29, 0.717) is 12.6 Å². The molecule has 1 heterocycles. The maximum atomic E-state index is 10.1. The molecule has 0 aromatic heterocycles. The van der Waals surface area contributed by atoms with Crippen LogP contribution in [0.5, 0.6) is 5.75 Å². The maximum Gasteiger partial charge on any atom is 0.124 e. The Hall–Kier alpha value is -1.10. The van der Waals surface area contributed by atoms with Crippen LogP contribution in [0.1, 0.15) is 17.2 Å². The Morgan fingerprint density at radius 2 is 2.29 bits per heavy atom. The highest BCUT2D eigenvalue weighted by atomic mass is 16.5. The standard InChI is InChI=1S/C13H19NO3/c1-9-3-4-13(16-2)11(5-9)12(15)6-14-10-7-17-8-10/h3-5,10,12,14-15H,6-8H2,1-2H3. The third kappa shape index (κ3) is 2.97. The Morgan fingerprint density at radius 3 is 2.88 bits per heavy atom. The summed E-state index contributed by atoms with van der Waals surface area (Å²) < 4.78 is 10.3. The average Bonchev–Trinajstić information content (AvgIpc) is 2.26. The maximum absolute atomic E-state index is 10.1. The second-order valence-corrected chi connectivity index (χ2v) is 4.40. The third-order valence-corrected chi connectivity index (χ3v) is 2.98. The van der Waals surface area contributed by atoms with Gasteiger partial charge in [0, 0.05) is 12.1 Å². The lowest BCUT2D eigenvalue weighted by molar-refractivity contribution is -0.00989. The lowest BCUT2D eigenvalue weighted by atomic mass is 10.0. The number of ether oxygens (including phenoxy) is 2. The summed E-state index contributed by atoms with van der Waals surface area (Å²) >= 11 is 0. The number of aliphatic hydroxyl groups is 1. The number of hydrogen-bond donors (Lipinski definition) is 2. The second kappa shape index (κ2) is 5.49. The molecule has 2 N–H and O–H groups in total. The van der Waals surface area contributed by atoms with Crippen molar-refractivity contribution in [1.82, 2.24) is 5.32 Å². The Bertz CT molecular complexity index is 377. The van der Waals surface area contributed by atoms with Crippen molar-refractivity contribution in [2.75, 3.05) is 26.9 Å². The molecule has 1 saturated heterocycles. The van der Waals surface area contributed by atoms with E-state index >= 15 is 0 Å². The number of benzene rings is 1. The smallest absolute Gasteiger partial charge is 0.124 e. The Labute approximate surface area is 102 Å². The minimum Gasteiger partial charge on any atom is -0.496 e. The van der Waals surface area contributed by atoms with Crippen LogP contribution in [0.4, 0.5) is 0 Å². The number of rotatable bonds is 5. The molecule has 4 heteroatoms. The first-order valence-corrected chi connectivity index (χ1v) is 5.84. The van der Waals surface area contributed by atoms with Crippen LogP contribution in [-0.2, 0) is 4.74 Å². The van der Waals surface area contributed by atoms with Gasteiger partial charge in [0.25, 0.3) is 0 Å². The van der Waals surface area contributed by atoms with Crippen LogP contribution in [0.25, 0.3) is 0 Å². The molecule has 0 saturated carbocycles. The highest BCUT2D eigenvalue weighted by Gasteiger charge is 2.20. The summed E-state index contributed by atoms with van der Waals surface area (Å²) in [4.78, 5) is 0. The van der Waals surface area contributed by atoms with Crippen molar-refractivity contribution < 1.29 is 14.6 Å². The quantitative estimate of drug-likeness (QED) is 0.803. The van der Waals surface area contributed by atoms with E-state index in [1.54, 1.807) is 7.11 Å². The number of nitrogens with one attached hydrogen (secondary N) is 1. The van der Waals surface area contributed by atoms with Crippen molar-refractivity contribution in [3.8, 4) is 5.75 Å². The molecular weight excluding hydrogens is 218 g/mol. The highest BCUT2D eigenvalue weighted by Crippen LogP contribution is 2.26. The van der Waals surface area contributed by atoms with Gasteiger partial charge < -0.3 is 19.9 Å². The van der Waals surface area contributed by atoms with Gasteiger partial charge in [-0.05, 0) is 19.1 Å². The molecule has 1 unspecified atom stereocenters. The monoisotopic (exact) mass is 237 g/mol. The highest BCUT2D eigenvalue weighted by molar-refractivity contribution is 5.38. The fraction of sp³-hybridized carbons (Fsp3) is 0.538. The van der Waals surface area contributed by atoms with Crippen LogP contribution >= 0.6 is 0 Å². The molecule has 17 heavy (non-hydrogen) atoms. The zero-order chi connectivity index (χ0) is 12.3. The predicted octanol–water partition coefficient (Wildman–Crippen LogP) is 1.03. The van der Waals surface area contributed by atoms with E-state index in [0.717, 1.165) is 30.1 Å². The van der Waals surface area contributed by atoms with Crippen molar-refractivity contribution in [1.29, 1.82) is 0 Å². The molecule has 1 aromatic carbocycles. The van der Waals surface area contributed by atoms with E-state index in [1.165, 1.54) is 0 Å². The molecule has 1 atom stereocenters. The Morgan fingerprint density at radius 1 is 1.53 bits per heavy atom. The zero-order valence-electron chi connectivity index (χ0n) is 10.3. The molecule has 0 aliphatic carbocycles. The molecule has 1 aromatic rings. The molecule has 1 fully saturated rings. The van der Waals surface area contributed by atoms with Gasteiger partial charge in [0.1, 0.15) is 5.75 Å². The number of methoxy groups -OCH3 is 1. The van der Waals surface area contributed by atoms with E-state index in [-0.39, 0.29) is 0 Å². The van der Waals surface area contributed by atoms with Crippen LogP contribution in [0.2, 0.25) is 0 Å². The molecule has 0 amide bonds. The number of aliphatic hydroxyl groups excluding tert-OH is 1. The lowest BCUT2D eigenvalue weighted by Gasteiger charge is -2.28. The van der Waals surface area contributed by atoms with Gasteiger partial charge >= 0.3 is 0 Å². The van der Waals surface area contributed by atoms with Gasteiger partial charge in [-0.2, -0.15) is 0 Å². The van der Waals surface area contributed by atoms with Crippen LogP contribution in [-0.4, -0.2) is 38.0 Å². The molecule has 0 spiro atoms. The Balaban J connectivity index is 2.00. The normalized spacial score (nSPS) is 17.6. The van der Waals surface area contributed by atoms with Crippen molar-refractivity contribution in [3.63, 3.8) is 0 Å². The minimum atomic E-state index is -0.551. The topological polar surface area (TPSA) is 50.7 Å². The summed E-state index contributed by atoms with van der Waals surface area (Å²) in [6.07, 6.45) is -0.551. The summed E-state index contributed by atoms with van der Waals surface area (Å²) in [7, 11) is 1.62. The average molecular weight is 237 g/mol. The van der Waals surface area contributed by atoms with Gasteiger partial charge in [-0.1, -0.05) is 11.6 Å². The molecule has 4 nitrogen and oxygen atoms in total. The number of aryl methyl sites for hydroxylation is 1. The molecule has 1 aliphatic heterocycles. The summed E-state index contributed by atoms with van der Waals surface area (Å²) in [5.41, 5.74) is 1.95. The van der Waals surface area contributed by atoms with E-state index < -0.39 is 6.10 Å². The largest absolute Gasteiger partial charge is 0.496 e. The van der Waals surface area contributed by atoms with Crippen molar-refractivity contribution in [2.45, 2.75) is 19.1 Å². The van der Waals surface area contributed by atoms with Crippen molar-refractivity contribution >= 4 is 0 Å². The summed E-state index contributed by atoms with van der Waals surface area (Å²) in [6.45, 7) is 3.99. The summed E-state index contributed by atoms with van der Waals surface area (Å²) in [5.74, 6) is 0.731. The van der Waals surface area contributed by atoms with Gasteiger partial charge in [0.05, 0.1) is 32.5 Å². The van der Waals surface area contributed by atoms with E-state index in [1.807, 2.05) is 25.1 Å². The van der Waals surface area contributed by atoms with Crippen LogP contribution in [0, 0.1) is 6.92 Å². The van der Waals surface area contributed by atoms with Crippen molar-refractivity contribution in [2.24, 2.45) is 0 Å². The van der Waals surface area contributed by atoms with Gasteiger partial charge in [-0.3, -0.25) is 0 Å². The first kappa shape index (κ1) is 12.4. The van der Waals surface area contributed by atoms with Crippen LogP contribution in [0.3, 0.4) is 0 Å².